The lowest BCUT2D eigenvalue weighted by atomic mass is 10.1. The van der Waals surface area contributed by atoms with Crippen molar-refractivity contribution in [1.29, 1.82) is 0 Å². The normalized spacial score (nSPS) is 12.8. The standard InChI is InChI=1S/C30H37NOS.3C16H15NS/c1-20(2)10-8-11-21(3)12-9-13-22(4)16-17-32-26-14-15-28-27(19-26)31-29-24(6)18-23(5)25(7)30(29)33-28;2*1-9-5-6-14-13(7-9)17-15-11(3)8-10(2)12(4)16(15)18-14;1-9-5-6-13-14(7-9)18-16-12(4)10(2)8-11(3)15(16)17-13/h10,12,14-16,18-19H,5,8-9,11,13,17H2,1-4,6-7H3;3*5-8H,2H2,1,3-4H3/b21-12+,22-16+;;;. The van der Waals surface area contributed by atoms with Gasteiger partial charge in [-0.15, -0.1) is 0 Å². The molecule has 12 rings (SSSR count). The number of ether oxygens (including phenoxy) is 1. The Kier molecular flexibility index (Phi) is 20.6. The Labute approximate surface area is 533 Å². The van der Waals surface area contributed by atoms with Gasteiger partial charge in [0, 0.05) is 45.2 Å². The predicted molar refractivity (Wildman–Crippen MR) is 375 cm³/mol. The van der Waals surface area contributed by atoms with Crippen LogP contribution in [0.15, 0.2) is 191 Å². The fourth-order valence-corrected chi connectivity index (χ4v) is 15.2. The molecule has 0 bridgehead atoms. The van der Waals surface area contributed by atoms with Crippen molar-refractivity contribution < 1.29 is 4.74 Å². The summed E-state index contributed by atoms with van der Waals surface area (Å²) in [6.45, 7) is 49.1. The molecule has 0 saturated carbocycles. The van der Waals surface area contributed by atoms with Crippen LogP contribution in [0, 0.1) is 76.2 Å². The Morgan fingerprint density at radius 3 is 1.15 bits per heavy atom. The molecule has 0 aliphatic carbocycles. The Morgan fingerprint density at radius 2 is 0.724 bits per heavy atom. The van der Waals surface area contributed by atoms with Crippen LogP contribution in [0.5, 0.6) is 5.75 Å². The van der Waals surface area contributed by atoms with E-state index in [0.29, 0.717) is 6.61 Å². The maximum atomic E-state index is 6.03. The first kappa shape index (κ1) is 64.3. The molecule has 87 heavy (non-hydrogen) atoms. The molecule has 4 aliphatic heterocycles. The van der Waals surface area contributed by atoms with Crippen LogP contribution in [0.25, 0.3) is 26.3 Å². The number of benzene rings is 8. The molecule has 0 aromatic heterocycles. The molecule has 0 radical (unpaired) electrons. The zero-order valence-electron chi connectivity index (χ0n) is 53.7. The lowest BCUT2D eigenvalue weighted by Gasteiger charge is -2.17. The highest BCUT2D eigenvalue weighted by Crippen LogP contribution is 2.42. The van der Waals surface area contributed by atoms with Gasteiger partial charge in [0.25, 0.3) is 0 Å². The lowest BCUT2D eigenvalue weighted by molar-refractivity contribution is 0.361. The summed E-state index contributed by atoms with van der Waals surface area (Å²) in [6, 6.07) is 34.0. The SMILES string of the molecule is C=c1cc(C)c2c(c1C)Sc1cc(C)ccc1N=2.C=c1cc(C)c2c(c1C)Sc1ccc(C)cc1N=2.C=c1cc(C)c2c(c1C)Sc1ccc(C)cc1N=2.C=c1cc(C)c2c(c1C)Sc1ccc(OC/C=C(\C)CC/C=C(\C)CCC=C(C)C)cc1N=2. The number of fused-ring (bicyclic) bond motifs is 8. The molecule has 0 spiro atoms. The number of rotatable bonds is 9. The third-order valence-corrected chi connectivity index (χ3v) is 21.1. The molecule has 9 heteroatoms. The van der Waals surface area contributed by atoms with E-state index in [1.165, 1.54) is 117 Å². The number of hydrogen-bond donors (Lipinski definition) is 0. The quantitative estimate of drug-likeness (QED) is 0.135. The van der Waals surface area contributed by atoms with Gasteiger partial charge >= 0.3 is 0 Å². The summed E-state index contributed by atoms with van der Waals surface area (Å²) >= 11 is 7.23. The Balaban J connectivity index is 0.000000144. The molecule has 0 fully saturated rings. The molecule has 8 aromatic carbocycles. The van der Waals surface area contributed by atoms with Crippen molar-refractivity contribution in [2.45, 2.75) is 169 Å². The minimum Gasteiger partial charge on any atom is -0.489 e. The number of hydrogen-bond acceptors (Lipinski definition) is 9. The minimum atomic E-state index is 0.584. The third-order valence-electron chi connectivity index (χ3n) is 16.1. The van der Waals surface area contributed by atoms with E-state index in [9.17, 15) is 0 Å². The van der Waals surface area contributed by atoms with Crippen molar-refractivity contribution in [3.63, 3.8) is 0 Å². The highest BCUT2D eigenvalue weighted by atomic mass is 32.2. The monoisotopic (exact) mass is 1220 g/mol. The molecule has 0 N–H and O–H groups in total. The first-order valence-corrected chi connectivity index (χ1v) is 33.2. The number of aryl methyl sites for hydroxylation is 7. The van der Waals surface area contributed by atoms with Gasteiger partial charge in [-0.3, -0.25) is 0 Å². The molecular formula is C78H82N4OS4. The molecule has 0 atom stereocenters. The molecule has 4 heterocycles. The Bertz CT molecular complexity index is 4530. The highest BCUT2D eigenvalue weighted by Gasteiger charge is 2.20. The van der Waals surface area contributed by atoms with Gasteiger partial charge in [0.05, 0.1) is 44.2 Å². The van der Waals surface area contributed by atoms with Crippen molar-refractivity contribution in [3.8, 4) is 5.75 Å². The second-order valence-electron chi connectivity index (χ2n) is 23.8. The second-order valence-corrected chi connectivity index (χ2v) is 28.0. The number of allylic oxidation sites excluding steroid dienone is 5. The molecular weight excluding hydrogens is 1140 g/mol. The zero-order chi connectivity index (χ0) is 62.5. The molecule has 0 saturated heterocycles. The largest absolute Gasteiger partial charge is 0.489 e. The predicted octanol–water partition coefficient (Wildman–Crippen LogP) is 18.2. The van der Waals surface area contributed by atoms with Crippen LogP contribution in [0.1, 0.15) is 115 Å². The summed E-state index contributed by atoms with van der Waals surface area (Å²) in [5, 5.41) is 8.79. The van der Waals surface area contributed by atoms with Crippen molar-refractivity contribution in [3.05, 3.63) is 236 Å². The molecule has 0 unspecified atom stereocenters. The van der Waals surface area contributed by atoms with Gasteiger partial charge in [0.2, 0.25) is 0 Å². The Hall–Kier alpha value is -7.14. The zero-order valence-corrected chi connectivity index (χ0v) is 56.9. The summed E-state index contributed by atoms with van der Waals surface area (Å²) in [4.78, 5) is 29.3. The maximum absolute atomic E-state index is 6.03. The van der Waals surface area contributed by atoms with Gasteiger partial charge in [-0.05, 0) is 266 Å². The third kappa shape index (κ3) is 15.2. The van der Waals surface area contributed by atoms with Crippen LogP contribution in [0.4, 0.5) is 22.7 Å². The second kappa shape index (κ2) is 27.9. The first-order valence-electron chi connectivity index (χ1n) is 29.9. The van der Waals surface area contributed by atoms with Gasteiger partial charge < -0.3 is 4.74 Å². The smallest absolute Gasteiger partial charge is 0.122 e. The van der Waals surface area contributed by atoms with Gasteiger partial charge in [-0.1, -0.05) is 145 Å². The van der Waals surface area contributed by atoms with E-state index in [4.69, 9.17) is 24.7 Å². The van der Waals surface area contributed by atoms with Crippen LogP contribution in [-0.4, -0.2) is 6.61 Å². The molecule has 8 aromatic rings. The average molecular weight is 1220 g/mol. The van der Waals surface area contributed by atoms with Gasteiger partial charge in [0.15, 0.2) is 0 Å². The molecule has 444 valence electrons. The van der Waals surface area contributed by atoms with Crippen LogP contribution in [-0.2, 0) is 0 Å². The fraction of sp³-hybridized carbons (Fsp3) is 0.256. The molecule has 5 nitrogen and oxygen atoms in total. The van der Waals surface area contributed by atoms with E-state index in [1.807, 2.05) is 41.4 Å². The van der Waals surface area contributed by atoms with Crippen molar-refractivity contribution in [2.75, 3.05) is 6.61 Å². The topological polar surface area (TPSA) is 58.7 Å². The molecule has 4 aliphatic rings. The summed E-state index contributed by atoms with van der Waals surface area (Å²) in [7, 11) is 0. The van der Waals surface area contributed by atoms with Gasteiger partial charge in [-0.25, -0.2) is 20.0 Å². The van der Waals surface area contributed by atoms with E-state index in [0.717, 1.165) is 96.5 Å². The Morgan fingerprint density at radius 1 is 0.379 bits per heavy atom. The summed E-state index contributed by atoms with van der Waals surface area (Å²) < 4.78 is 6.03. The van der Waals surface area contributed by atoms with Crippen LogP contribution < -0.4 is 47.0 Å². The van der Waals surface area contributed by atoms with E-state index < -0.39 is 0 Å². The average Bonchev–Trinajstić information content (AvgIpc) is 2.79. The van der Waals surface area contributed by atoms with Crippen LogP contribution >= 0.6 is 47.0 Å². The first-order chi connectivity index (χ1) is 41.4. The minimum absolute atomic E-state index is 0.584. The fourth-order valence-electron chi connectivity index (χ4n) is 10.5. The summed E-state index contributed by atoms with van der Waals surface area (Å²) in [5.74, 6) is 0.865. The maximum Gasteiger partial charge on any atom is 0.122 e. The van der Waals surface area contributed by atoms with Crippen molar-refractivity contribution in [1.82, 2.24) is 0 Å². The van der Waals surface area contributed by atoms with Gasteiger partial charge in [-0.2, -0.15) is 0 Å². The van der Waals surface area contributed by atoms with Crippen LogP contribution in [0.2, 0.25) is 0 Å². The van der Waals surface area contributed by atoms with Crippen molar-refractivity contribution >= 4 is 96.1 Å². The summed E-state index contributed by atoms with van der Waals surface area (Å²) in [5.41, 5.74) is 22.0. The molecule has 0 amide bonds. The van der Waals surface area contributed by atoms with Crippen LogP contribution in [0.3, 0.4) is 0 Å². The van der Waals surface area contributed by atoms with Crippen molar-refractivity contribution in [2.24, 2.45) is 20.0 Å². The number of nitrogens with zero attached hydrogens (tertiary/aromatic N) is 4. The van der Waals surface area contributed by atoms with E-state index >= 15 is 0 Å². The highest BCUT2D eigenvalue weighted by molar-refractivity contribution is 8.00. The van der Waals surface area contributed by atoms with E-state index in [-0.39, 0.29) is 0 Å². The van der Waals surface area contributed by atoms with E-state index in [2.05, 4.69) is 239 Å². The van der Waals surface area contributed by atoms with Gasteiger partial charge in [0.1, 0.15) is 12.4 Å². The lowest BCUT2D eigenvalue weighted by Crippen LogP contribution is -2.20. The van der Waals surface area contributed by atoms with E-state index in [1.54, 1.807) is 11.8 Å². The summed E-state index contributed by atoms with van der Waals surface area (Å²) in [6.07, 6.45) is 11.3.